The summed E-state index contributed by atoms with van der Waals surface area (Å²) < 4.78 is 0. The SMILES string of the molecule is CC12CCC3C(CCC4Cc5[nH][nH]c(=O)c5CC43C)C1CCC2=O. The first-order chi connectivity index (χ1) is 11.4. The molecule has 0 radical (unpaired) electrons. The minimum Gasteiger partial charge on any atom is -0.302 e. The zero-order chi connectivity index (χ0) is 16.7. The van der Waals surface area contributed by atoms with Crippen molar-refractivity contribution in [3.05, 3.63) is 21.6 Å². The summed E-state index contributed by atoms with van der Waals surface area (Å²) in [5.41, 5.74) is 2.43. The van der Waals surface area contributed by atoms with E-state index in [1.165, 1.54) is 19.3 Å². The molecule has 3 saturated carbocycles. The van der Waals surface area contributed by atoms with E-state index < -0.39 is 0 Å². The number of nitrogens with one attached hydrogen (secondary N) is 2. The molecule has 0 aliphatic heterocycles. The van der Waals surface area contributed by atoms with Crippen molar-refractivity contribution in [2.75, 3.05) is 0 Å². The van der Waals surface area contributed by atoms with Crippen LogP contribution in [0.15, 0.2) is 4.79 Å². The number of carbonyl (C=O) groups is 1. The van der Waals surface area contributed by atoms with Crippen molar-refractivity contribution in [1.82, 2.24) is 10.2 Å². The van der Waals surface area contributed by atoms with E-state index in [2.05, 4.69) is 24.0 Å². The minimum atomic E-state index is -0.0459. The molecular formula is C20H28N2O2. The van der Waals surface area contributed by atoms with Crippen molar-refractivity contribution in [3.8, 4) is 0 Å². The van der Waals surface area contributed by atoms with Crippen molar-refractivity contribution < 1.29 is 4.79 Å². The largest absolute Gasteiger partial charge is 0.302 e. The fraction of sp³-hybridized carbons (Fsp3) is 0.800. The molecule has 0 saturated heterocycles. The molecule has 0 aromatic carbocycles. The first kappa shape index (κ1) is 15.0. The van der Waals surface area contributed by atoms with Crippen LogP contribution in [0.1, 0.15) is 63.6 Å². The molecule has 0 spiro atoms. The van der Waals surface area contributed by atoms with Gasteiger partial charge in [0.15, 0.2) is 0 Å². The molecule has 24 heavy (non-hydrogen) atoms. The molecule has 0 amide bonds. The van der Waals surface area contributed by atoms with Gasteiger partial charge in [0.05, 0.1) is 0 Å². The molecule has 1 heterocycles. The van der Waals surface area contributed by atoms with Gasteiger partial charge in [0.2, 0.25) is 0 Å². The van der Waals surface area contributed by atoms with E-state index in [0.717, 1.165) is 43.4 Å². The second-order valence-corrected chi connectivity index (χ2v) is 9.49. The number of fused-ring (bicyclic) bond motifs is 6. The lowest BCUT2D eigenvalue weighted by molar-refractivity contribution is -0.136. The summed E-state index contributed by atoms with van der Waals surface area (Å²) in [4.78, 5) is 24.7. The van der Waals surface area contributed by atoms with Crippen LogP contribution in [-0.4, -0.2) is 16.0 Å². The topological polar surface area (TPSA) is 65.7 Å². The molecule has 1 aromatic heterocycles. The van der Waals surface area contributed by atoms with Gasteiger partial charge in [-0.05, 0) is 74.0 Å². The zero-order valence-corrected chi connectivity index (χ0v) is 14.8. The molecular weight excluding hydrogens is 300 g/mol. The van der Waals surface area contributed by atoms with Crippen LogP contribution in [0.2, 0.25) is 0 Å². The zero-order valence-electron chi connectivity index (χ0n) is 14.8. The van der Waals surface area contributed by atoms with Crippen LogP contribution in [0.3, 0.4) is 0 Å². The van der Waals surface area contributed by atoms with Crippen LogP contribution in [0.4, 0.5) is 0 Å². The highest BCUT2D eigenvalue weighted by Crippen LogP contribution is 2.64. The normalized spacial score (nSPS) is 46.8. The average Bonchev–Trinajstić information content (AvgIpc) is 3.05. The standard InChI is InChI=1S/C20H28N2O2/c1-19-8-7-15-12(14(19)5-6-17(19)23)4-3-11-9-16-13(10-20(11,15)2)18(24)22-21-16/h11-12,14-15H,3-10H2,1-2H3,(H2,21,22,24). The van der Waals surface area contributed by atoms with Crippen molar-refractivity contribution in [1.29, 1.82) is 0 Å². The van der Waals surface area contributed by atoms with Gasteiger partial charge in [-0.3, -0.25) is 14.7 Å². The maximum atomic E-state index is 12.5. The van der Waals surface area contributed by atoms with E-state index in [9.17, 15) is 9.59 Å². The molecule has 2 N–H and O–H groups in total. The first-order valence-electron chi connectivity index (χ1n) is 9.75. The highest BCUT2D eigenvalue weighted by Gasteiger charge is 2.60. The molecule has 5 rings (SSSR count). The summed E-state index contributed by atoms with van der Waals surface area (Å²) >= 11 is 0. The Labute approximate surface area is 142 Å². The second kappa shape index (κ2) is 4.64. The van der Waals surface area contributed by atoms with Gasteiger partial charge >= 0.3 is 0 Å². The van der Waals surface area contributed by atoms with Gasteiger partial charge in [-0.25, -0.2) is 0 Å². The van der Waals surface area contributed by atoms with Crippen LogP contribution in [0, 0.1) is 34.5 Å². The Morgan fingerprint density at radius 1 is 1.00 bits per heavy atom. The van der Waals surface area contributed by atoms with Crippen molar-refractivity contribution in [3.63, 3.8) is 0 Å². The molecule has 4 heteroatoms. The Kier molecular flexibility index (Phi) is 2.90. The fourth-order valence-electron chi connectivity index (χ4n) is 7.33. The molecule has 4 aliphatic rings. The van der Waals surface area contributed by atoms with Crippen LogP contribution >= 0.6 is 0 Å². The van der Waals surface area contributed by atoms with Crippen LogP contribution in [-0.2, 0) is 17.6 Å². The third-order valence-corrected chi connectivity index (χ3v) is 8.75. The second-order valence-electron chi connectivity index (χ2n) is 9.49. The summed E-state index contributed by atoms with van der Waals surface area (Å²) in [6.07, 6.45) is 8.62. The third-order valence-electron chi connectivity index (χ3n) is 8.75. The van der Waals surface area contributed by atoms with E-state index in [4.69, 9.17) is 0 Å². The van der Waals surface area contributed by atoms with Crippen LogP contribution < -0.4 is 5.56 Å². The van der Waals surface area contributed by atoms with Gasteiger partial charge in [0, 0.05) is 23.1 Å². The summed E-state index contributed by atoms with van der Waals surface area (Å²) in [6.45, 7) is 4.69. The number of hydrogen-bond acceptors (Lipinski definition) is 2. The van der Waals surface area contributed by atoms with Crippen LogP contribution in [0.25, 0.3) is 0 Å². The lowest BCUT2D eigenvalue weighted by atomic mass is 9.45. The molecule has 130 valence electrons. The number of carbonyl (C=O) groups excluding carboxylic acids is 1. The average molecular weight is 328 g/mol. The summed E-state index contributed by atoms with van der Waals surface area (Å²) in [5.74, 6) is 3.16. The van der Waals surface area contributed by atoms with Gasteiger partial charge in [-0.15, -0.1) is 0 Å². The molecule has 4 nitrogen and oxygen atoms in total. The molecule has 0 bridgehead atoms. The fourth-order valence-corrected chi connectivity index (χ4v) is 7.33. The predicted octanol–water partition coefficient (Wildman–Crippen LogP) is 3.23. The molecule has 6 atom stereocenters. The Hall–Kier alpha value is -1.32. The van der Waals surface area contributed by atoms with Gasteiger partial charge in [0.25, 0.3) is 5.56 Å². The lowest BCUT2D eigenvalue weighted by Gasteiger charge is -2.59. The summed E-state index contributed by atoms with van der Waals surface area (Å²) in [6, 6.07) is 0. The van der Waals surface area contributed by atoms with Gasteiger partial charge in [-0.1, -0.05) is 13.8 Å². The number of hydrogen-bond donors (Lipinski definition) is 2. The van der Waals surface area contributed by atoms with Crippen molar-refractivity contribution in [2.24, 2.45) is 34.5 Å². The number of rotatable bonds is 0. The first-order valence-corrected chi connectivity index (χ1v) is 9.75. The Balaban J connectivity index is 1.53. The summed E-state index contributed by atoms with van der Waals surface area (Å²) in [7, 11) is 0. The minimum absolute atomic E-state index is 0.0459. The number of H-pyrrole nitrogens is 2. The Bertz CT molecular complexity index is 762. The number of Topliss-reactive ketones (excluding diaryl/α,β-unsaturated/α-hetero) is 1. The monoisotopic (exact) mass is 328 g/mol. The Morgan fingerprint density at radius 3 is 2.67 bits per heavy atom. The highest BCUT2D eigenvalue weighted by atomic mass is 16.1. The maximum absolute atomic E-state index is 12.5. The smallest absolute Gasteiger partial charge is 0.267 e. The van der Waals surface area contributed by atoms with E-state index in [1.807, 2.05) is 0 Å². The predicted molar refractivity (Wildman–Crippen MR) is 91.7 cm³/mol. The van der Waals surface area contributed by atoms with E-state index in [1.54, 1.807) is 0 Å². The molecule has 4 aliphatic carbocycles. The van der Waals surface area contributed by atoms with Gasteiger partial charge in [-0.2, -0.15) is 0 Å². The van der Waals surface area contributed by atoms with E-state index in [-0.39, 0.29) is 16.4 Å². The molecule has 6 unspecified atom stereocenters. The lowest BCUT2D eigenvalue weighted by Crippen LogP contribution is -2.54. The van der Waals surface area contributed by atoms with Gasteiger partial charge < -0.3 is 5.10 Å². The maximum Gasteiger partial charge on any atom is 0.267 e. The van der Waals surface area contributed by atoms with E-state index >= 15 is 0 Å². The quantitative estimate of drug-likeness (QED) is 0.768. The van der Waals surface area contributed by atoms with Crippen molar-refractivity contribution in [2.45, 2.75) is 65.2 Å². The number of ketones is 1. The Morgan fingerprint density at radius 2 is 1.83 bits per heavy atom. The van der Waals surface area contributed by atoms with Gasteiger partial charge in [0.1, 0.15) is 5.78 Å². The molecule has 1 aromatic rings. The van der Waals surface area contributed by atoms with Crippen molar-refractivity contribution >= 4 is 5.78 Å². The highest BCUT2D eigenvalue weighted by molar-refractivity contribution is 5.87. The third kappa shape index (κ3) is 1.70. The van der Waals surface area contributed by atoms with Crippen LogP contribution in [0.5, 0.6) is 0 Å². The molecule has 3 fully saturated rings. The summed E-state index contributed by atoms with van der Waals surface area (Å²) in [5, 5.41) is 5.92. The number of aromatic nitrogens is 2. The number of aromatic amines is 2. The van der Waals surface area contributed by atoms with E-state index in [0.29, 0.717) is 29.5 Å².